The molecule has 0 aliphatic rings. The van der Waals surface area contributed by atoms with E-state index >= 15 is 0 Å². The van der Waals surface area contributed by atoms with Gasteiger partial charge in [0.15, 0.2) is 6.10 Å². The zero-order chi connectivity index (χ0) is 59.2. The molecule has 0 saturated heterocycles. The van der Waals surface area contributed by atoms with Gasteiger partial charge in [-0.25, -0.2) is 0 Å². The Balaban J connectivity index is 4.39. The minimum absolute atomic E-state index is 0.0811. The van der Waals surface area contributed by atoms with Gasteiger partial charge < -0.3 is 14.2 Å². The van der Waals surface area contributed by atoms with Crippen LogP contribution in [0.5, 0.6) is 0 Å². The molecule has 0 heterocycles. The van der Waals surface area contributed by atoms with Crippen molar-refractivity contribution in [2.75, 3.05) is 13.2 Å². The summed E-state index contributed by atoms with van der Waals surface area (Å²) in [5, 5.41) is 0. The fourth-order valence-corrected chi connectivity index (χ4v) is 10.3. The van der Waals surface area contributed by atoms with Crippen LogP contribution in [-0.4, -0.2) is 37.2 Å². The summed E-state index contributed by atoms with van der Waals surface area (Å²) in [6.07, 6.45) is 93.1. The van der Waals surface area contributed by atoms with Crippen LogP contribution in [0.25, 0.3) is 0 Å². The number of hydrogen-bond acceptors (Lipinski definition) is 6. The van der Waals surface area contributed by atoms with Crippen LogP contribution in [0, 0.1) is 0 Å². The predicted molar refractivity (Wildman–Crippen MR) is 358 cm³/mol. The van der Waals surface area contributed by atoms with E-state index in [0.29, 0.717) is 19.3 Å². The fourth-order valence-electron chi connectivity index (χ4n) is 10.3. The van der Waals surface area contributed by atoms with Crippen LogP contribution >= 0.6 is 0 Å². The minimum atomic E-state index is -0.788. The zero-order valence-electron chi connectivity index (χ0n) is 54.5. The Kier molecular flexibility index (Phi) is 67.2. The second-order valence-electron chi connectivity index (χ2n) is 23.8. The number of unbranched alkanes of at least 4 members (excludes halogenated alkanes) is 40. The molecule has 0 rings (SSSR count). The molecule has 474 valence electrons. The summed E-state index contributed by atoms with van der Waals surface area (Å²) in [6, 6.07) is 0. The van der Waals surface area contributed by atoms with Gasteiger partial charge in [-0.05, 0) is 96.3 Å². The molecule has 0 bridgehead atoms. The fraction of sp³-hybridized carbons (Fsp3) is 0.776. The molecule has 1 unspecified atom stereocenters. The number of carbonyl (C=O) groups excluding carboxylic acids is 3. The van der Waals surface area contributed by atoms with Crippen molar-refractivity contribution in [3.8, 4) is 0 Å². The SMILES string of the molecule is CC/C=C\C/C=C\C/C=C\C/C=C\CCCCCCCCCCC(=O)OC(COC(=O)CCCCCCCC/C=C\C/C=C\C/C=C\CCCCCCC)COC(=O)CCCCCCCCCCCCCCCCCCCCCCCC. The Bertz CT molecular complexity index is 1550. The van der Waals surface area contributed by atoms with Crippen LogP contribution < -0.4 is 0 Å². The molecule has 0 amide bonds. The molecule has 0 aliphatic heterocycles. The highest BCUT2D eigenvalue weighted by molar-refractivity contribution is 5.71. The molecule has 0 aromatic heterocycles. The van der Waals surface area contributed by atoms with Gasteiger partial charge in [0.2, 0.25) is 0 Å². The van der Waals surface area contributed by atoms with E-state index < -0.39 is 6.10 Å². The van der Waals surface area contributed by atoms with Crippen LogP contribution in [0.15, 0.2) is 85.1 Å². The van der Waals surface area contributed by atoms with Crippen molar-refractivity contribution in [1.29, 1.82) is 0 Å². The summed E-state index contributed by atoms with van der Waals surface area (Å²) < 4.78 is 17.0. The van der Waals surface area contributed by atoms with Gasteiger partial charge >= 0.3 is 17.9 Å². The Labute approximate surface area is 509 Å². The van der Waals surface area contributed by atoms with Gasteiger partial charge in [-0.2, -0.15) is 0 Å². The monoisotopic (exact) mass is 1140 g/mol. The highest BCUT2D eigenvalue weighted by Gasteiger charge is 2.19. The van der Waals surface area contributed by atoms with Crippen molar-refractivity contribution in [3.05, 3.63) is 85.1 Å². The summed E-state index contributed by atoms with van der Waals surface area (Å²) >= 11 is 0. The molecule has 1 atom stereocenters. The lowest BCUT2D eigenvalue weighted by Crippen LogP contribution is -2.30. The summed E-state index contributed by atoms with van der Waals surface area (Å²) in [6.45, 7) is 6.56. The summed E-state index contributed by atoms with van der Waals surface area (Å²) in [7, 11) is 0. The van der Waals surface area contributed by atoms with Gasteiger partial charge in [0.25, 0.3) is 0 Å². The van der Waals surface area contributed by atoms with E-state index in [4.69, 9.17) is 14.2 Å². The maximum Gasteiger partial charge on any atom is 0.306 e. The number of rotatable bonds is 65. The predicted octanol–water partition coefficient (Wildman–Crippen LogP) is 24.6. The van der Waals surface area contributed by atoms with Crippen molar-refractivity contribution >= 4 is 17.9 Å². The highest BCUT2D eigenvalue weighted by Crippen LogP contribution is 2.18. The summed E-state index contributed by atoms with van der Waals surface area (Å²) in [5.74, 6) is -0.882. The Morgan fingerprint density at radius 1 is 0.256 bits per heavy atom. The minimum Gasteiger partial charge on any atom is -0.462 e. The lowest BCUT2D eigenvalue weighted by atomic mass is 10.0. The average Bonchev–Trinajstić information content (AvgIpc) is 3.47. The first-order chi connectivity index (χ1) is 40.5. The van der Waals surface area contributed by atoms with E-state index in [-0.39, 0.29) is 31.1 Å². The van der Waals surface area contributed by atoms with Crippen molar-refractivity contribution in [2.24, 2.45) is 0 Å². The number of carbonyl (C=O) groups is 3. The molecule has 0 aromatic rings. The van der Waals surface area contributed by atoms with Crippen LogP contribution in [0.2, 0.25) is 0 Å². The van der Waals surface area contributed by atoms with Crippen LogP contribution in [0.3, 0.4) is 0 Å². The molecule has 0 fully saturated rings. The number of allylic oxidation sites excluding steroid dienone is 14. The lowest BCUT2D eigenvalue weighted by molar-refractivity contribution is -0.167. The van der Waals surface area contributed by atoms with Gasteiger partial charge in [-0.1, -0.05) is 331 Å². The standard InChI is InChI=1S/C76H134O6/c1-4-7-10-13-16-19-22-25-28-31-34-37-40-42-45-48-51-54-57-60-63-66-69-75(78)81-72-73(82-76(79)70-67-64-61-58-55-52-49-46-43-39-36-33-30-27-24-21-18-15-12-9-6-3)71-80-74(77)68-65-62-59-56-53-50-47-44-41-38-35-32-29-26-23-20-17-14-11-8-5-2/h9,12,18,21,23,26-27,30,32,35-36,39,41,44,73H,4-8,10-11,13-17,19-20,22,24-25,28-29,31,33-34,37-38,40,42-43,45-72H2,1-3H3/b12-9-,21-18-,26-23-,30-27-,35-32-,39-36-,44-41-. The molecule has 0 saturated carbocycles. The molecule has 0 aliphatic carbocycles. The third kappa shape index (κ3) is 67.4. The molecule has 6 nitrogen and oxygen atoms in total. The van der Waals surface area contributed by atoms with Crippen molar-refractivity contribution in [2.45, 2.75) is 367 Å². The largest absolute Gasteiger partial charge is 0.462 e. The summed E-state index contributed by atoms with van der Waals surface area (Å²) in [4.78, 5) is 38.5. The topological polar surface area (TPSA) is 78.9 Å². The smallest absolute Gasteiger partial charge is 0.306 e. The van der Waals surface area contributed by atoms with Crippen molar-refractivity contribution in [3.63, 3.8) is 0 Å². The molecule has 0 N–H and O–H groups in total. The Morgan fingerprint density at radius 2 is 0.476 bits per heavy atom. The van der Waals surface area contributed by atoms with E-state index in [2.05, 4.69) is 106 Å². The van der Waals surface area contributed by atoms with Gasteiger partial charge in [-0.3, -0.25) is 14.4 Å². The van der Waals surface area contributed by atoms with Crippen molar-refractivity contribution < 1.29 is 28.6 Å². The molecular weight excluding hydrogens is 1010 g/mol. The maximum atomic E-state index is 13.0. The first-order valence-corrected chi connectivity index (χ1v) is 35.6. The van der Waals surface area contributed by atoms with Crippen molar-refractivity contribution in [1.82, 2.24) is 0 Å². The molecule has 6 heteroatoms. The first kappa shape index (κ1) is 78.6. The second-order valence-corrected chi connectivity index (χ2v) is 23.8. The van der Waals surface area contributed by atoms with Crippen LogP contribution in [0.4, 0.5) is 0 Å². The van der Waals surface area contributed by atoms with Crippen LogP contribution in [0.1, 0.15) is 361 Å². The Hall–Kier alpha value is -3.41. The zero-order valence-corrected chi connectivity index (χ0v) is 54.5. The Morgan fingerprint density at radius 3 is 0.744 bits per heavy atom. The second kappa shape index (κ2) is 70.1. The van der Waals surface area contributed by atoms with Gasteiger partial charge in [0.1, 0.15) is 13.2 Å². The van der Waals surface area contributed by atoms with Gasteiger partial charge in [0.05, 0.1) is 0 Å². The molecule has 82 heavy (non-hydrogen) atoms. The molecular formula is C76H134O6. The van der Waals surface area contributed by atoms with E-state index in [9.17, 15) is 14.4 Å². The average molecular weight is 1140 g/mol. The van der Waals surface area contributed by atoms with Gasteiger partial charge in [0, 0.05) is 19.3 Å². The molecule has 0 aromatic carbocycles. The lowest BCUT2D eigenvalue weighted by Gasteiger charge is -2.18. The van der Waals surface area contributed by atoms with Crippen LogP contribution in [-0.2, 0) is 28.6 Å². The summed E-state index contributed by atoms with van der Waals surface area (Å²) in [5.41, 5.74) is 0. The van der Waals surface area contributed by atoms with E-state index in [1.165, 1.54) is 212 Å². The quantitative estimate of drug-likeness (QED) is 0.0261. The number of hydrogen-bond donors (Lipinski definition) is 0. The van der Waals surface area contributed by atoms with E-state index in [0.717, 1.165) is 109 Å². The van der Waals surface area contributed by atoms with Gasteiger partial charge in [-0.15, -0.1) is 0 Å². The third-order valence-corrected chi connectivity index (χ3v) is 15.6. The first-order valence-electron chi connectivity index (χ1n) is 35.6. The normalized spacial score (nSPS) is 12.6. The third-order valence-electron chi connectivity index (χ3n) is 15.6. The van der Waals surface area contributed by atoms with E-state index in [1.807, 2.05) is 0 Å². The van der Waals surface area contributed by atoms with E-state index in [1.54, 1.807) is 0 Å². The maximum absolute atomic E-state index is 13.0. The molecule has 0 radical (unpaired) electrons. The molecule has 0 spiro atoms. The highest BCUT2D eigenvalue weighted by atomic mass is 16.6. The number of esters is 3. The number of ether oxygens (including phenoxy) is 3.